The van der Waals surface area contributed by atoms with Gasteiger partial charge in [-0.1, -0.05) is 26.0 Å². The number of ketones is 5. The number of carbonyl (C=O) groups is 10. The molecule has 11 N–H and O–H groups in total. The first kappa shape index (κ1) is 115. The Kier molecular flexibility index (Phi) is 66.6. The Morgan fingerprint density at radius 2 is 0.817 bits per heavy atom. The lowest BCUT2D eigenvalue weighted by molar-refractivity contribution is -0.271. The van der Waals surface area contributed by atoms with Crippen molar-refractivity contribution in [1.29, 1.82) is 0 Å². The number of benzene rings is 2. The molecule has 0 spiro atoms. The molecule has 0 aromatic heterocycles. The van der Waals surface area contributed by atoms with E-state index in [1.807, 2.05) is 0 Å². The predicted octanol–water partition coefficient (Wildman–Crippen LogP) is -1.82. The summed E-state index contributed by atoms with van der Waals surface area (Å²) >= 11 is 0. The Hall–Kier alpha value is -9.00. The Morgan fingerprint density at radius 3 is 1.21 bits per heavy atom. The van der Waals surface area contributed by atoms with E-state index >= 15 is 0 Å². The fraction of sp³-hybridized carbons (Fsp3) is 0.691. The second kappa shape index (κ2) is 73.0. The molecular weight excluding hydrogens is 1690 g/mol. The van der Waals surface area contributed by atoms with Crippen molar-refractivity contribution in [1.82, 2.24) is 10.6 Å². The zero-order valence-electron chi connectivity index (χ0n) is 71.2. The molecule has 2 aromatic rings. The zero-order valence-corrected chi connectivity index (χ0v) is 71.2. The van der Waals surface area contributed by atoms with E-state index < -0.39 is 103 Å². The Balaban J connectivity index is 0.00000843. The summed E-state index contributed by atoms with van der Waals surface area (Å²) < 4.78 is 98.3. The highest BCUT2D eigenvalue weighted by atomic mass is 16.7. The number of rotatable bonds is 70. The van der Waals surface area contributed by atoms with Crippen LogP contribution in [0, 0.1) is 11.8 Å². The maximum atomic E-state index is 13.5. The molecule has 0 aliphatic carbocycles. The van der Waals surface area contributed by atoms with E-state index in [1.54, 1.807) is 19.9 Å². The zero-order chi connectivity index (χ0) is 93.7. The van der Waals surface area contributed by atoms with E-state index in [4.69, 9.17) is 120 Å². The number of unbranched alkanes of at least 4 members (excludes halogenated alkanes) is 1. The molecule has 45 heteroatoms. The van der Waals surface area contributed by atoms with Crippen molar-refractivity contribution < 1.29 is 203 Å². The summed E-state index contributed by atoms with van der Waals surface area (Å²) in [5, 5.41) is 76.0. The number of aliphatic hydroxyl groups is 6. The van der Waals surface area contributed by atoms with Gasteiger partial charge in [0.1, 0.15) is 74.6 Å². The first-order valence-electron chi connectivity index (χ1n) is 40.4. The lowest BCUT2D eigenvalue weighted by atomic mass is 9.98. The first-order chi connectivity index (χ1) is 60.5. The number of carbonyl (C=O) groups excluding carboxylic acids is 15. The molecule has 12 atom stereocenters. The van der Waals surface area contributed by atoms with Gasteiger partial charge in [-0.05, 0) is 73.9 Å². The van der Waals surface area contributed by atoms with Crippen LogP contribution in [0.4, 0.5) is 0 Å². The summed E-state index contributed by atoms with van der Waals surface area (Å²) in [4.78, 5) is 180. The normalized spacial score (nSPS) is 18.2. The first-order valence-corrected chi connectivity index (χ1v) is 40.4. The lowest BCUT2D eigenvalue weighted by Crippen LogP contribution is -2.61. The number of carboxylic acids is 1. The Morgan fingerprint density at radius 1 is 0.452 bits per heavy atom. The summed E-state index contributed by atoms with van der Waals surface area (Å²) in [6.07, 6.45) is -12.3. The molecule has 2 saturated heterocycles. The monoisotopic (exact) mass is 1810 g/mol. The van der Waals surface area contributed by atoms with Crippen molar-refractivity contribution in [3.63, 3.8) is 0 Å². The molecule has 4 rings (SSSR count). The van der Waals surface area contributed by atoms with Gasteiger partial charge in [0.25, 0.3) is 0 Å². The van der Waals surface area contributed by atoms with Crippen LogP contribution in [0.15, 0.2) is 36.4 Å². The van der Waals surface area contributed by atoms with Gasteiger partial charge in [-0.3, -0.25) is 43.2 Å². The van der Waals surface area contributed by atoms with Crippen LogP contribution < -0.4 is 26.0 Å². The average molecular weight is 1810 g/mol. The third kappa shape index (κ3) is 53.6. The molecule has 2 amide bonds. The van der Waals surface area contributed by atoms with Crippen LogP contribution in [0.2, 0.25) is 0 Å². The minimum Gasteiger partial charge on any atom is -0.479 e. The van der Waals surface area contributed by atoms with Crippen LogP contribution in [0.25, 0.3) is 0 Å². The molecule has 0 bridgehead atoms. The quantitative estimate of drug-likeness (QED) is 0.0151. The number of esters is 2. The lowest BCUT2D eigenvalue weighted by Gasteiger charge is -2.38. The van der Waals surface area contributed by atoms with Crippen molar-refractivity contribution in [2.75, 3.05) is 178 Å². The number of ether oxygens (including phenoxy) is 18. The van der Waals surface area contributed by atoms with Crippen LogP contribution in [0.3, 0.4) is 0 Å². The fourth-order valence-corrected chi connectivity index (χ4v) is 11.1. The van der Waals surface area contributed by atoms with Gasteiger partial charge in [-0.25, -0.2) is 10.7 Å². The van der Waals surface area contributed by atoms with Gasteiger partial charge in [0.2, 0.25) is 24.4 Å². The smallest absolute Gasteiger partial charge is 0.373 e. The van der Waals surface area contributed by atoms with Crippen molar-refractivity contribution in [3.05, 3.63) is 58.7 Å². The van der Waals surface area contributed by atoms with E-state index in [9.17, 15) is 83.7 Å². The molecule has 2 aromatic carbocycles. The van der Waals surface area contributed by atoms with Crippen LogP contribution >= 0.6 is 0 Å². The van der Waals surface area contributed by atoms with Gasteiger partial charge in [0, 0.05) is 84.2 Å². The van der Waals surface area contributed by atoms with Crippen LogP contribution in [-0.2, 0) is 161 Å². The highest BCUT2D eigenvalue weighted by molar-refractivity contribution is 5.99. The number of hydrogen-bond acceptors (Lipinski definition) is 42. The third-order valence-corrected chi connectivity index (χ3v) is 17.5. The largest absolute Gasteiger partial charge is 0.479 e. The molecule has 712 valence electrons. The highest BCUT2D eigenvalue weighted by Crippen LogP contribution is 2.31. The number of nitrogens with two attached hydrogens (primary N) is 1. The van der Waals surface area contributed by atoms with Gasteiger partial charge in [-0.2, -0.15) is 28.8 Å². The number of amides is 2. The molecule has 2 heterocycles. The van der Waals surface area contributed by atoms with Gasteiger partial charge in [0.15, 0.2) is 35.0 Å². The van der Waals surface area contributed by atoms with Crippen molar-refractivity contribution >= 4 is 77.1 Å². The number of aliphatic carboxylic acids is 1. The molecule has 2 aliphatic heterocycles. The standard InChI is InChI=1S/C78H121N3O36.3CO2/c1-51(42-57(84)48-109-38-36-106-34-32-104-30-29-103-26-23-100-20-8-12-63(87)60-45-56(47-112-54(4)83)15-17-67(60)116-78-72(94)69(91)70(92)73(117-78)76(97)98)74(95)80-18-6-5-10-61(64(88)13-9-21-101-24-27-108-40-41-114-79)81-75(96)52(2)43-58(85)49-110-39-37-107-35-33-105-31-28-102-25-22-99-19-7-11-62(86)59-44-55(46-111-53(3)82)14-16-66(59)115-77-71(93)68(90)65(89)50-113-77;3*2-1-3/h14-17,44-45,51-52,61,65,68-73,77-78,89-94H,5-13,18-43,46-50,79H2,1-4H3,(H,80,95)(H,81,96)(H,97,98);;;/t51-,52-,61+,65-,68+,69+,70+,71-,72-,73+,77+,78-;;;/m1.../s1. The number of carboxylic acid groups (broad SMARTS) is 1. The van der Waals surface area contributed by atoms with Crippen molar-refractivity contribution in [2.24, 2.45) is 17.7 Å². The topological polar surface area (TPSA) is 640 Å². The number of Topliss-reactive ketones (excluding diaryl/α,β-unsaturated/α-hetero) is 5. The summed E-state index contributed by atoms with van der Waals surface area (Å²) in [5.41, 5.74) is 1.10. The van der Waals surface area contributed by atoms with Gasteiger partial charge >= 0.3 is 36.4 Å². The number of nitrogens with one attached hydrogen (secondary N) is 2. The molecule has 126 heavy (non-hydrogen) atoms. The van der Waals surface area contributed by atoms with Gasteiger partial charge in [-0.15, -0.1) is 0 Å². The Labute approximate surface area is 726 Å². The highest BCUT2D eigenvalue weighted by Gasteiger charge is 2.48. The predicted molar refractivity (Wildman–Crippen MR) is 420 cm³/mol. The molecule has 45 nitrogen and oxygen atoms in total. The fourth-order valence-electron chi connectivity index (χ4n) is 11.1. The maximum Gasteiger partial charge on any atom is 0.373 e. The van der Waals surface area contributed by atoms with Crippen LogP contribution in [-0.4, -0.2) is 353 Å². The molecule has 2 aliphatic rings. The maximum absolute atomic E-state index is 13.5. The second-order valence-electron chi connectivity index (χ2n) is 27.6. The van der Waals surface area contributed by atoms with Crippen LogP contribution in [0.1, 0.15) is 130 Å². The minimum atomic E-state index is -1.94. The van der Waals surface area contributed by atoms with Crippen LogP contribution in [0.5, 0.6) is 11.5 Å². The summed E-state index contributed by atoms with van der Waals surface area (Å²) in [7, 11) is 0. The molecule has 2 fully saturated rings. The van der Waals surface area contributed by atoms with Crippen molar-refractivity contribution in [2.45, 2.75) is 173 Å². The molecule has 0 unspecified atom stereocenters. The number of hydrogen-bond donors (Lipinski definition) is 10. The minimum absolute atomic E-state index is 0.00285. The molecule has 0 saturated carbocycles. The van der Waals surface area contributed by atoms with E-state index in [0.717, 1.165) is 0 Å². The summed E-state index contributed by atoms with van der Waals surface area (Å²) in [6.45, 7) is 10.5. The van der Waals surface area contributed by atoms with Crippen molar-refractivity contribution in [3.8, 4) is 11.5 Å². The van der Waals surface area contributed by atoms with E-state index in [-0.39, 0.29) is 293 Å². The van der Waals surface area contributed by atoms with E-state index in [2.05, 4.69) is 15.5 Å². The third-order valence-electron chi connectivity index (χ3n) is 17.5. The Bertz CT molecular complexity index is 3510. The van der Waals surface area contributed by atoms with Gasteiger partial charge in [0.05, 0.1) is 156 Å². The van der Waals surface area contributed by atoms with E-state index in [1.165, 1.54) is 44.2 Å². The second-order valence-corrected chi connectivity index (χ2v) is 27.6. The summed E-state index contributed by atoms with van der Waals surface area (Å²) in [5.74, 6) is -1.53. The van der Waals surface area contributed by atoms with E-state index in [0.29, 0.717) is 50.0 Å². The summed E-state index contributed by atoms with van der Waals surface area (Å²) in [6, 6.07) is 7.93. The van der Waals surface area contributed by atoms with Gasteiger partial charge < -0.3 is 136 Å². The molecular formula is C81H121N3O42. The SMILES string of the molecule is CC(=O)OCc1ccc(O[C@@H]2O[C@H](C(=O)O)[C@@H](O)[C@H](O)[C@H]2O)c(C(=O)CCCOCCOCCOCCOCCOCC(=O)C[C@@H](C)C(=O)NCCCC[C@H](NC(=O)[C@H](C)CC(=O)COCCOCCOCCOCCOCCCC(=O)c2cc(COC(C)=O)ccc2O[C@@H]2OC[C@@H](O)[C@H](O)[C@H]2O)C(=O)CCCOCCOCCON)c1.O=C=O.O=C=O.O=C=O. The number of aliphatic hydroxyl groups excluding tert-OH is 6. The average Bonchev–Trinajstić information content (AvgIpc) is 0.772. The molecule has 0 radical (unpaired) electrons.